The van der Waals surface area contributed by atoms with Crippen LogP contribution in [0.15, 0.2) is 42.7 Å². The lowest BCUT2D eigenvalue weighted by Gasteiger charge is -2.12. The Hall–Kier alpha value is -3.20. The Morgan fingerprint density at radius 1 is 1.27 bits per heavy atom. The first kappa shape index (κ1) is 17.6. The molecule has 0 radical (unpaired) electrons. The van der Waals surface area contributed by atoms with Crippen LogP contribution in [-0.2, 0) is 6.61 Å². The van der Waals surface area contributed by atoms with Gasteiger partial charge in [-0.2, -0.15) is 10.4 Å². The molecule has 0 fully saturated rings. The SMILES string of the molecule is CCCCNc1cc(OCc2ccc(OC)cc2)c2c(C#N)cnn2c1. The second-order valence-electron chi connectivity index (χ2n) is 5.97. The summed E-state index contributed by atoms with van der Waals surface area (Å²) in [6.07, 6.45) is 5.65. The predicted molar refractivity (Wildman–Crippen MR) is 101 cm³/mol. The van der Waals surface area contributed by atoms with E-state index in [4.69, 9.17) is 9.47 Å². The quantitative estimate of drug-likeness (QED) is 0.622. The van der Waals surface area contributed by atoms with Crippen LogP contribution in [0.25, 0.3) is 5.52 Å². The summed E-state index contributed by atoms with van der Waals surface area (Å²) in [7, 11) is 1.64. The maximum Gasteiger partial charge on any atom is 0.149 e. The Balaban J connectivity index is 1.85. The summed E-state index contributed by atoms with van der Waals surface area (Å²) in [5.74, 6) is 1.44. The maximum absolute atomic E-state index is 9.35. The molecule has 0 aliphatic heterocycles. The van der Waals surface area contributed by atoms with E-state index < -0.39 is 0 Å². The predicted octanol–water partition coefficient (Wildman–Crippen LogP) is 4.01. The third kappa shape index (κ3) is 3.89. The van der Waals surface area contributed by atoms with Gasteiger partial charge >= 0.3 is 0 Å². The number of aromatic nitrogens is 2. The van der Waals surface area contributed by atoms with Gasteiger partial charge in [-0.25, -0.2) is 4.52 Å². The van der Waals surface area contributed by atoms with Gasteiger partial charge in [-0.15, -0.1) is 0 Å². The highest BCUT2D eigenvalue weighted by Gasteiger charge is 2.12. The molecule has 0 atom stereocenters. The van der Waals surface area contributed by atoms with Gasteiger partial charge < -0.3 is 14.8 Å². The number of anilines is 1. The van der Waals surface area contributed by atoms with Crippen LogP contribution in [0.1, 0.15) is 30.9 Å². The van der Waals surface area contributed by atoms with Crippen molar-refractivity contribution in [3.63, 3.8) is 0 Å². The highest BCUT2D eigenvalue weighted by Crippen LogP contribution is 2.28. The molecule has 0 unspecified atom stereocenters. The molecule has 1 N–H and O–H groups in total. The third-order valence-electron chi connectivity index (χ3n) is 4.11. The fourth-order valence-corrected chi connectivity index (χ4v) is 2.67. The van der Waals surface area contributed by atoms with Crippen LogP contribution in [0.4, 0.5) is 5.69 Å². The molecule has 3 aromatic rings. The monoisotopic (exact) mass is 350 g/mol. The number of nitrogens with zero attached hydrogens (tertiary/aromatic N) is 3. The van der Waals surface area contributed by atoms with Crippen molar-refractivity contribution < 1.29 is 9.47 Å². The Morgan fingerprint density at radius 3 is 2.77 bits per heavy atom. The Labute approximate surface area is 153 Å². The van der Waals surface area contributed by atoms with Gasteiger partial charge in [0.15, 0.2) is 0 Å². The minimum absolute atomic E-state index is 0.397. The van der Waals surface area contributed by atoms with E-state index in [9.17, 15) is 5.26 Å². The zero-order chi connectivity index (χ0) is 18.4. The first-order valence-corrected chi connectivity index (χ1v) is 8.66. The lowest BCUT2D eigenvalue weighted by Crippen LogP contribution is -2.04. The lowest BCUT2D eigenvalue weighted by atomic mass is 10.2. The number of rotatable bonds is 8. The van der Waals surface area contributed by atoms with E-state index >= 15 is 0 Å². The number of fused-ring (bicyclic) bond motifs is 1. The smallest absolute Gasteiger partial charge is 0.149 e. The van der Waals surface area contributed by atoms with E-state index in [1.54, 1.807) is 17.8 Å². The van der Waals surface area contributed by atoms with Gasteiger partial charge in [0.2, 0.25) is 0 Å². The number of hydrogen-bond donors (Lipinski definition) is 1. The number of unbranched alkanes of at least 4 members (excludes halogenated alkanes) is 1. The van der Waals surface area contributed by atoms with Crippen LogP contribution >= 0.6 is 0 Å². The fourth-order valence-electron chi connectivity index (χ4n) is 2.67. The summed E-state index contributed by atoms with van der Waals surface area (Å²) in [6.45, 7) is 3.43. The van der Waals surface area contributed by atoms with Crippen LogP contribution in [0, 0.1) is 11.3 Å². The second kappa shape index (κ2) is 8.26. The summed E-state index contributed by atoms with van der Waals surface area (Å²) < 4.78 is 12.9. The normalized spacial score (nSPS) is 10.5. The number of ether oxygens (including phenoxy) is 2. The number of pyridine rings is 1. The van der Waals surface area contributed by atoms with Crippen molar-refractivity contribution in [3.8, 4) is 17.6 Å². The van der Waals surface area contributed by atoms with Crippen molar-refractivity contribution in [1.82, 2.24) is 9.61 Å². The molecular formula is C20H22N4O2. The molecular weight excluding hydrogens is 328 g/mol. The molecule has 2 heterocycles. The van der Waals surface area contributed by atoms with Crippen LogP contribution in [0.2, 0.25) is 0 Å². The number of hydrogen-bond acceptors (Lipinski definition) is 5. The Bertz CT molecular complexity index is 910. The molecule has 6 heteroatoms. The molecule has 0 amide bonds. The molecule has 134 valence electrons. The highest BCUT2D eigenvalue weighted by atomic mass is 16.5. The van der Waals surface area contributed by atoms with E-state index in [2.05, 4.69) is 23.4 Å². The Kier molecular flexibility index (Phi) is 5.59. The van der Waals surface area contributed by atoms with Crippen LogP contribution in [0.3, 0.4) is 0 Å². The summed E-state index contributed by atoms with van der Waals surface area (Å²) in [6, 6.07) is 11.8. The molecule has 2 aromatic heterocycles. The first-order valence-electron chi connectivity index (χ1n) is 8.66. The average molecular weight is 350 g/mol. The van der Waals surface area contributed by atoms with E-state index in [1.165, 1.54) is 0 Å². The van der Waals surface area contributed by atoms with Crippen molar-refractivity contribution in [2.75, 3.05) is 19.0 Å². The first-order chi connectivity index (χ1) is 12.7. The van der Waals surface area contributed by atoms with E-state index in [0.29, 0.717) is 23.4 Å². The topological polar surface area (TPSA) is 71.6 Å². The molecule has 6 nitrogen and oxygen atoms in total. The van der Waals surface area contributed by atoms with Gasteiger partial charge in [-0.1, -0.05) is 25.5 Å². The molecule has 0 aliphatic carbocycles. The maximum atomic E-state index is 9.35. The minimum atomic E-state index is 0.397. The number of methoxy groups -OCH3 is 1. The summed E-state index contributed by atoms with van der Waals surface area (Å²) in [4.78, 5) is 0. The van der Waals surface area contributed by atoms with Crippen molar-refractivity contribution in [1.29, 1.82) is 5.26 Å². The largest absolute Gasteiger partial charge is 0.497 e. The number of benzene rings is 1. The van der Waals surface area contributed by atoms with E-state index in [-0.39, 0.29) is 0 Å². The van der Waals surface area contributed by atoms with E-state index in [0.717, 1.165) is 36.4 Å². The summed E-state index contributed by atoms with van der Waals surface area (Å²) >= 11 is 0. The molecule has 1 aromatic carbocycles. The Morgan fingerprint density at radius 2 is 2.08 bits per heavy atom. The lowest BCUT2D eigenvalue weighted by molar-refractivity contribution is 0.308. The molecule has 0 saturated carbocycles. The summed E-state index contributed by atoms with van der Waals surface area (Å²) in [5, 5.41) is 17.0. The number of nitriles is 1. The van der Waals surface area contributed by atoms with Crippen molar-refractivity contribution in [3.05, 3.63) is 53.9 Å². The third-order valence-corrected chi connectivity index (χ3v) is 4.11. The van der Waals surface area contributed by atoms with Gasteiger partial charge in [0.25, 0.3) is 0 Å². The summed E-state index contributed by atoms with van der Waals surface area (Å²) in [5.41, 5.74) is 3.12. The zero-order valence-corrected chi connectivity index (χ0v) is 15.0. The average Bonchev–Trinajstić information content (AvgIpc) is 3.10. The van der Waals surface area contributed by atoms with Gasteiger partial charge in [0.05, 0.1) is 25.2 Å². The van der Waals surface area contributed by atoms with Crippen molar-refractivity contribution >= 4 is 11.2 Å². The zero-order valence-electron chi connectivity index (χ0n) is 15.0. The van der Waals surface area contributed by atoms with E-state index in [1.807, 2.05) is 36.5 Å². The molecule has 0 saturated heterocycles. The minimum Gasteiger partial charge on any atom is -0.497 e. The van der Waals surface area contributed by atoms with Crippen molar-refractivity contribution in [2.45, 2.75) is 26.4 Å². The second-order valence-corrected chi connectivity index (χ2v) is 5.97. The molecule has 0 bridgehead atoms. The van der Waals surface area contributed by atoms with Crippen LogP contribution in [-0.4, -0.2) is 23.3 Å². The molecule has 3 rings (SSSR count). The molecule has 0 aliphatic rings. The van der Waals surface area contributed by atoms with Gasteiger partial charge in [-0.05, 0) is 24.1 Å². The fraction of sp³-hybridized carbons (Fsp3) is 0.300. The standard InChI is InChI=1S/C20H22N4O2/c1-3-4-9-22-17-10-19(20-16(11-21)12-23-24(20)13-17)26-14-15-5-7-18(25-2)8-6-15/h5-8,10,12-13,22H,3-4,9,14H2,1-2H3. The van der Waals surface area contributed by atoms with Crippen LogP contribution < -0.4 is 14.8 Å². The molecule has 0 spiro atoms. The number of nitrogens with one attached hydrogen (secondary N) is 1. The van der Waals surface area contributed by atoms with Gasteiger partial charge in [0, 0.05) is 12.6 Å². The molecule has 26 heavy (non-hydrogen) atoms. The van der Waals surface area contributed by atoms with Gasteiger partial charge in [-0.3, -0.25) is 0 Å². The van der Waals surface area contributed by atoms with Crippen LogP contribution in [0.5, 0.6) is 11.5 Å². The van der Waals surface area contributed by atoms with Gasteiger partial charge in [0.1, 0.15) is 35.3 Å². The van der Waals surface area contributed by atoms with Crippen molar-refractivity contribution in [2.24, 2.45) is 0 Å². The highest BCUT2D eigenvalue weighted by molar-refractivity contribution is 5.72.